The molecule has 0 spiro atoms. The highest BCUT2D eigenvalue weighted by molar-refractivity contribution is 7.48. The molecule has 0 saturated heterocycles. The van der Waals surface area contributed by atoms with E-state index in [1.54, 1.807) is 60.7 Å². The second-order valence-corrected chi connectivity index (χ2v) is 6.20. The summed E-state index contributed by atoms with van der Waals surface area (Å²) in [7, 11) is -4.14. The van der Waals surface area contributed by atoms with Crippen LogP contribution in [-0.2, 0) is 4.57 Å². The molecule has 0 aliphatic rings. The molecule has 0 aliphatic heterocycles. The van der Waals surface area contributed by atoms with Crippen LogP contribution >= 0.6 is 7.82 Å². The van der Waals surface area contributed by atoms with Crippen LogP contribution in [0, 0.1) is 0 Å². The SMILES string of the molecule is CCN(CC)CC.O=P(O)(Oc1ccccc1)Oc1ccccc1. The molecule has 6 heteroatoms. The molecule has 0 aliphatic carbocycles. The largest absolute Gasteiger partial charge is 0.584 e. The maximum Gasteiger partial charge on any atom is 0.584 e. The van der Waals surface area contributed by atoms with E-state index in [1.807, 2.05) is 0 Å². The third-order valence-electron chi connectivity index (χ3n) is 3.27. The topological polar surface area (TPSA) is 59.0 Å². The van der Waals surface area contributed by atoms with E-state index in [-0.39, 0.29) is 11.5 Å². The first kappa shape index (κ1) is 20.2. The van der Waals surface area contributed by atoms with Crippen LogP contribution in [0.2, 0.25) is 0 Å². The summed E-state index contributed by atoms with van der Waals surface area (Å²) in [5.74, 6) is 0.573. The van der Waals surface area contributed by atoms with Crippen molar-refractivity contribution in [3.8, 4) is 11.5 Å². The van der Waals surface area contributed by atoms with E-state index in [1.165, 1.54) is 19.6 Å². The Morgan fingerprint density at radius 3 is 1.38 bits per heavy atom. The van der Waals surface area contributed by atoms with Gasteiger partial charge in [-0.25, -0.2) is 4.57 Å². The third-order valence-corrected chi connectivity index (χ3v) is 4.15. The first-order valence-electron chi connectivity index (χ1n) is 8.05. The van der Waals surface area contributed by atoms with Crippen molar-refractivity contribution in [1.82, 2.24) is 4.90 Å². The Morgan fingerprint density at radius 1 is 0.792 bits per heavy atom. The van der Waals surface area contributed by atoms with E-state index in [9.17, 15) is 9.46 Å². The summed E-state index contributed by atoms with van der Waals surface area (Å²) in [5, 5.41) is 0. The van der Waals surface area contributed by atoms with E-state index < -0.39 is 7.82 Å². The summed E-state index contributed by atoms with van der Waals surface area (Å²) in [6, 6.07) is 16.7. The molecule has 0 fully saturated rings. The molecule has 0 amide bonds. The number of phosphoric acid groups is 1. The summed E-state index contributed by atoms with van der Waals surface area (Å²) in [5.41, 5.74) is 0. The summed E-state index contributed by atoms with van der Waals surface area (Å²) in [6.45, 7) is 10.1. The highest BCUT2D eigenvalue weighted by atomic mass is 31.2. The summed E-state index contributed by atoms with van der Waals surface area (Å²) in [6.07, 6.45) is 0. The minimum absolute atomic E-state index is 0.286. The lowest BCUT2D eigenvalue weighted by Gasteiger charge is -2.13. The Kier molecular flexibility index (Phi) is 9.16. The van der Waals surface area contributed by atoms with Crippen molar-refractivity contribution in [2.75, 3.05) is 19.6 Å². The number of benzene rings is 2. The quantitative estimate of drug-likeness (QED) is 0.739. The van der Waals surface area contributed by atoms with E-state index in [0.717, 1.165) is 0 Å². The summed E-state index contributed by atoms with van der Waals surface area (Å²) in [4.78, 5) is 11.9. The number of para-hydroxylation sites is 2. The van der Waals surface area contributed by atoms with Gasteiger partial charge in [0.15, 0.2) is 0 Å². The molecule has 5 nitrogen and oxygen atoms in total. The van der Waals surface area contributed by atoms with Crippen molar-refractivity contribution >= 4 is 7.82 Å². The normalized spacial score (nSPS) is 10.7. The van der Waals surface area contributed by atoms with Gasteiger partial charge >= 0.3 is 7.82 Å². The van der Waals surface area contributed by atoms with Gasteiger partial charge in [0.1, 0.15) is 11.5 Å². The fraction of sp³-hybridized carbons (Fsp3) is 0.333. The second-order valence-electron chi connectivity index (χ2n) is 4.90. The van der Waals surface area contributed by atoms with Crippen LogP contribution in [0.15, 0.2) is 60.7 Å². The number of hydrogen-bond donors (Lipinski definition) is 1. The van der Waals surface area contributed by atoms with Gasteiger partial charge in [-0.1, -0.05) is 57.2 Å². The van der Waals surface area contributed by atoms with E-state index in [2.05, 4.69) is 25.7 Å². The number of phosphoric ester groups is 1. The number of hydrogen-bond acceptors (Lipinski definition) is 4. The predicted octanol–water partition coefficient (Wildman–Crippen LogP) is 4.59. The highest BCUT2D eigenvalue weighted by Crippen LogP contribution is 2.44. The fourth-order valence-corrected chi connectivity index (χ4v) is 2.73. The van der Waals surface area contributed by atoms with Crippen molar-refractivity contribution in [2.24, 2.45) is 0 Å². The van der Waals surface area contributed by atoms with Crippen molar-refractivity contribution in [3.05, 3.63) is 60.7 Å². The van der Waals surface area contributed by atoms with Gasteiger partial charge in [-0.2, -0.15) is 0 Å². The van der Waals surface area contributed by atoms with Gasteiger partial charge in [0, 0.05) is 0 Å². The van der Waals surface area contributed by atoms with Gasteiger partial charge in [0.25, 0.3) is 0 Å². The van der Waals surface area contributed by atoms with Gasteiger partial charge < -0.3 is 13.9 Å². The van der Waals surface area contributed by atoms with Crippen LogP contribution in [-0.4, -0.2) is 29.4 Å². The Hall–Kier alpha value is -1.81. The van der Waals surface area contributed by atoms with Crippen molar-refractivity contribution < 1.29 is 18.5 Å². The molecule has 0 saturated carbocycles. The maximum atomic E-state index is 11.7. The average molecular weight is 351 g/mol. The molecule has 0 unspecified atom stereocenters. The van der Waals surface area contributed by atoms with E-state index >= 15 is 0 Å². The fourth-order valence-electron chi connectivity index (χ4n) is 1.92. The van der Waals surface area contributed by atoms with Crippen LogP contribution < -0.4 is 9.05 Å². The van der Waals surface area contributed by atoms with Crippen LogP contribution in [0.5, 0.6) is 11.5 Å². The van der Waals surface area contributed by atoms with Gasteiger partial charge in [0.2, 0.25) is 0 Å². The lowest BCUT2D eigenvalue weighted by molar-refractivity contribution is 0.291. The third kappa shape index (κ3) is 8.16. The lowest BCUT2D eigenvalue weighted by atomic mass is 10.3. The molecular weight excluding hydrogens is 325 g/mol. The zero-order chi connectivity index (χ0) is 17.8. The molecule has 0 atom stereocenters. The molecule has 1 N–H and O–H groups in total. The predicted molar refractivity (Wildman–Crippen MR) is 97.4 cm³/mol. The van der Waals surface area contributed by atoms with Gasteiger partial charge in [-0.15, -0.1) is 0 Å². The molecule has 2 aromatic carbocycles. The summed E-state index contributed by atoms with van der Waals surface area (Å²) < 4.78 is 21.5. The number of rotatable bonds is 7. The smallest absolute Gasteiger partial charge is 0.395 e. The first-order chi connectivity index (χ1) is 11.5. The van der Waals surface area contributed by atoms with Gasteiger partial charge in [-0.3, -0.25) is 4.89 Å². The molecule has 2 rings (SSSR count). The highest BCUT2D eigenvalue weighted by Gasteiger charge is 2.24. The van der Waals surface area contributed by atoms with E-state index in [4.69, 9.17) is 9.05 Å². The van der Waals surface area contributed by atoms with Crippen LogP contribution in [0.25, 0.3) is 0 Å². The minimum atomic E-state index is -4.14. The van der Waals surface area contributed by atoms with Crippen molar-refractivity contribution in [3.63, 3.8) is 0 Å². The minimum Gasteiger partial charge on any atom is -0.395 e. The maximum absolute atomic E-state index is 11.7. The standard InChI is InChI=1S/C12H11O4P.C6H15N/c13-17(14,15-11-7-3-1-4-8-11)16-12-9-5-2-6-10-12;1-4-7(5-2)6-3/h1-10H,(H,13,14);4-6H2,1-3H3. The van der Waals surface area contributed by atoms with Crippen LogP contribution in [0.4, 0.5) is 0 Å². The molecule has 132 valence electrons. The molecular formula is C18H26NO4P. The lowest BCUT2D eigenvalue weighted by Crippen LogP contribution is -2.21. The Bertz CT molecular complexity index is 552. The monoisotopic (exact) mass is 351 g/mol. The van der Waals surface area contributed by atoms with E-state index in [0.29, 0.717) is 0 Å². The molecule has 0 radical (unpaired) electrons. The first-order valence-corrected chi connectivity index (χ1v) is 9.54. The van der Waals surface area contributed by atoms with Crippen molar-refractivity contribution in [2.45, 2.75) is 20.8 Å². The molecule has 0 aromatic heterocycles. The van der Waals surface area contributed by atoms with Crippen LogP contribution in [0.1, 0.15) is 20.8 Å². The second kappa shape index (κ2) is 10.9. The summed E-state index contributed by atoms with van der Waals surface area (Å²) >= 11 is 0. The molecule has 0 heterocycles. The average Bonchev–Trinajstić information content (AvgIpc) is 2.58. The molecule has 24 heavy (non-hydrogen) atoms. The molecule has 2 aromatic rings. The Labute approximate surface area is 144 Å². The zero-order valence-corrected chi connectivity index (χ0v) is 15.4. The zero-order valence-electron chi connectivity index (χ0n) is 14.5. The van der Waals surface area contributed by atoms with Gasteiger partial charge in [0.05, 0.1) is 0 Å². The van der Waals surface area contributed by atoms with Crippen molar-refractivity contribution in [1.29, 1.82) is 0 Å². The molecule has 0 bridgehead atoms. The van der Waals surface area contributed by atoms with Gasteiger partial charge in [-0.05, 0) is 43.9 Å². The van der Waals surface area contributed by atoms with Crippen LogP contribution in [0.3, 0.4) is 0 Å². The Morgan fingerprint density at radius 2 is 1.12 bits per heavy atom. The number of nitrogens with zero attached hydrogens (tertiary/aromatic N) is 1. The Balaban J connectivity index is 0.000000351.